The molecule has 19 heavy (non-hydrogen) atoms. The van der Waals surface area contributed by atoms with Gasteiger partial charge < -0.3 is 15.2 Å². The van der Waals surface area contributed by atoms with Crippen LogP contribution in [0.15, 0.2) is 24.3 Å². The van der Waals surface area contributed by atoms with Gasteiger partial charge in [0.1, 0.15) is 10.8 Å². The molecule has 5 heteroatoms. The fourth-order valence-corrected chi connectivity index (χ4v) is 2.74. The van der Waals surface area contributed by atoms with Crippen LogP contribution in [0.25, 0.3) is 10.6 Å². The van der Waals surface area contributed by atoms with Gasteiger partial charge in [-0.15, -0.1) is 11.3 Å². The largest absolute Gasteiger partial charge is 0.494 e. The third kappa shape index (κ3) is 3.32. The summed E-state index contributed by atoms with van der Waals surface area (Å²) in [5.74, 6) is 0.859. The maximum atomic E-state index is 5.74. The number of thiazole rings is 1. The van der Waals surface area contributed by atoms with Gasteiger partial charge in [0.2, 0.25) is 0 Å². The van der Waals surface area contributed by atoms with Crippen molar-refractivity contribution in [1.29, 1.82) is 0 Å². The zero-order valence-corrected chi connectivity index (χ0v) is 12.0. The van der Waals surface area contributed by atoms with Gasteiger partial charge in [-0.05, 0) is 19.1 Å². The number of nitrogens with two attached hydrogens (primary N) is 1. The van der Waals surface area contributed by atoms with Gasteiger partial charge in [0.25, 0.3) is 0 Å². The Hall–Kier alpha value is -1.43. The summed E-state index contributed by atoms with van der Waals surface area (Å²) in [6.45, 7) is 3.61. The SMILES string of the molecule is CCOc1cccc(-c2nc(COC)c(CN)s2)c1. The molecule has 0 bridgehead atoms. The van der Waals surface area contributed by atoms with Crippen molar-refractivity contribution < 1.29 is 9.47 Å². The Morgan fingerprint density at radius 1 is 1.37 bits per heavy atom. The van der Waals surface area contributed by atoms with E-state index in [2.05, 4.69) is 4.98 Å². The third-order valence-corrected chi connectivity index (χ3v) is 3.81. The molecule has 0 unspecified atom stereocenters. The second kappa shape index (κ2) is 6.65. The molecule has 0 spiro atoms. The van der Waals surface area contributed by atoms with Crippen molar-refractivity contribution in [3.05, 3.63) is 34.8 Å². The van der Waals surface area contributed by atoms with Crippen molar-refractivity contribution in [1.82, 2.24) is 4.98 Å². The lowest BCUT2D eigenvalue weighted by atomic mass is 10.2. The van der Waals surface area contributed by atoms with Crippen LogP contribution in [0, 0.1) is 0 Å². The molecule has 1 aromatic carbocycles. The molecule has 0 radical (unpaired) electrons. The number of hydrogen-bond donors (Lipinski definition) is 1. The fraction of sp³-hybridized carbons (Fsp3) is 0.357. The van der Waals surface area contributed by atoms with Crippen LogP contribution in [0.1, 0.15) is 17.5 Å². The molecule has 2 N–H and O–H groups in total. The second-order valence-electron chi connectivity index (χ2n) is 3.99. The molecule has 4 nitrogen and oxygen atoms in total. The Morgan fingerprint density at radius 3 is 2.89 bits per heavy atom. The Balaban J connectivity index is 2.32. The second-order valence-corrected chi connectivity index (χ2v) is 5.07. The minimum atomic E-state index is 0.488. The normalized spacial score (nSPS) is 10.7. The van der Waals surface area contributed by atoms with Crippen LogP contribution in [0.4, 0.5) is 0 Å². The Labute approximate surface area is 117 Å². The van der Waals surface area contributed by atoms with E-state index >= 15 is 0 Å². The van der Waals surface area contributed by atoms with Crippen molar-refractivity contribution in [2.24, 2.45) is 5.73 Å². The van der Waals surface area contributed by atoms with Gasteiger partial charge in [-0.2, -0.15) is 0 Å². The van der Waals surface area contributed by atoms with Crippen LogP contribution in [-0.2, 0) is 17.9 Å². The Kier molecular flexibility index (Phi) is 4.90. The molecule has 0 fully saturated rings. The molecule has 0 aliphatic rings. The molecule has 0 saturated carbocycles. The van der Waals surface area contributed by atoms with E-state index in [9.17, 15) is 0 Å². The summed E-state index contributed by atoms with van der Waals surface area (Å²) >= 11 is 1.61. The van der Waals surface area contributed by atoms with Crippen molar-refractivity contribution in [2.75, 3.05) is 13.7 Å². The van der Waals surface area contributed by atoms with Gasteiger partial charge in [0.05, 0.1) is 18.9 Å². The number of rotatable bonds is 6. The highest BCUT2D eigenvalue weighted by Gasteiger charge is 2.11. The first-order valence-corrected chi connectivity index (χ1v) is 7.01. The first kappa shape index (κ1) is 14.0. The standard InChI is InChI=1S/C14H18N2O2S/c1-3-18-11-6-4-5-10(7-11)14-16-12(9-17-2)13(8-15)19-14/h4-7H,3,8-9,15H2,1-2H3. The van der Waals surface area contributed by atoms with E-state index in [4.69, 9.17) is 15.2 Å². The molecule has 2 aromatic rings. The molecule has 0 atom stereocenters. The Morgan fingerprint density at radius 2 is 2.21 bits per heavy atom. The van der Waals surface area contributed by atoms with Crippen LogP contribution in [0.2, 0.25) is 0 Å². The van der Waals surface area contributed by atoms with E-state index in [1.165, 1.54) is 0 Å². The highest BCUT2D eigenvalue weighted by atomic mass is 32.1. The smallest absolute Gasteiger partial charge is 0.124 e. The molecule has 0 saturated heterocycles. The van der Waals surface area contributed by atoms with E-state index < -0.39 is 0 Å². The number of benzene rings is 1. The quantitative estimate of drug-likeness (QED) is 0.882. The summed E-state index contributed by atoms with van der Waals surface area (Å²) in [5, 5.41) is 0.953. The highest BCUT2D eigenvalue weighted by Crippen LogP contribution is 2.30. The number of hydrogen-bond acceptors (Lipinski definition) is 5. The monoisotopic (exact) mass is 278 g/mol. The summed E-state index contributed by atoms with van der Waals surface area (Å²) in [6.07, 6.45) is 0. The van der Waals surface area contributed by atoms with E-state index in [1.807, 2.05) is 31.2 Å². The first-order chi connectivity index (χ1) is 9.28. The zero-order valence-electron chi connectivity index (χ0n) is 11.2. The number of methoxy groups -OCH3 is 1. The molecule has 1 heterocycles. The van der Waals surface area contributed by atoms with E-state index in [-0.39, 0.29) is 0 Å². The number of ether oxygens (including phenoxy) is 2. The zero-order chi connectivity index (χ0) is 13.7. The van der Waals surface area contributed by atoms with Crippen molar-refractivity contribution in [3.63, 3.8) is 0 Å². The average molecular weight is 278 g/mol. The molecule has 0 aliphatic heterocycles. The summed E-state index contributed by atoms with van der Waals surface area (Å²) in [5.41, 5.74) is 7.71. The average Bonchev–Trinajstić information content (AvgIpc) is 2.83. The van der Waals surface area contributed by atoms with Gasteiger partial charge in [-0.1, -0.05) is 12.1 Å². The van der Waals surface area contributed by atoms with E-state index in [1.54, 1.807) is 18.4 Å². The van der Waals surface area contributed by atoms with Crippen LogP contribution >= 0.6 is 11.3 Å². The molecule has 0 aliphatic carbocycles. The van der Waals surface area contributed by atoms with E-state index in [0.717, 1.165) is 26.9 Å². The first-order valence-electron chi connectivity index (χ1n) is 6.19. The maximum Gasteiger partial charge on any atom is 0.124 e. The summed E-state index contributed by atoms with van der Waals surface area (Å²) < 4.78 is 10.7. The van der Waals surface area contributed by atoms with Gasteiger partial charge >= 0.3 is 0 Å². The van der Waals surface area contributed by atoms with Gasteiger partial charge in [-0.25, -0.2) is 4.98 Å². The van der Waals surface area contributed by atoms with Crippen molar-refractivity contribution in [2.45, 2.75) is 20.1 Å². The molecule has 102 valence electrons. The third-order valence-electron chi connectivity index (χ3n) is 2.64. The summed E-state index contributed by atoms with van der Waals surface area (Å²) in [7, 11) is 1.66. The summed E-state index contributed by atoms with van der Waals surface area (Å²) in [4.78, 5) is 5.67. The van der Waals surface area contributed by atoms with Gasteiger partial charge in [0, 0.05) is 24.1 Å². The van der Waals surface area contributed by atoms with Crippen molar-refractivity contribution >= 4 is 11.3 Å². The van der Waals surface area contributed by atoms with E-state index in [0.29, 0.717) is 19.8 Å². The minimum absolute atomic E-state index is 0.488. The van der Waals surface area contributed by atoms with Crippen LogP contribution in [0.5, 0.6) is 5.75 Å². The van der Waals surface area contributed by atoms with Crippen molar-refractivity contribution in [3.8, 4) is 16.3 Å². The number of aromatic nitrogens is 1. The molecular formula is C14H18N2O2S. The van der Waals surface area contributed by atoms with Crippen LogP contribution < -0.4 is 10.5 Å². The lowest BCUT2D eigenvalue weighted by Crippen LogP contribution is -1.99. The van der Waals surface area contributed by atoms with Crippen LogP contribution in [0.3, 0.4) is 0 Å². The van der Waals surface area contributed by atoms with Crippen LogP contribution in [-0.4, -0.2) is 18.7 Å². The number of nitrogens with zero attached hydrogens (tertiary/aromatic N) is 1. The maximum absolute atomic E-state index is 5.74. The Bertz CT molecular complexity index is 540. The highest BCUT2D eigenvalue weighted by molar-refractivity contribution is 7.15. The van der Waals surface area contributed by atoms with Gasteiger partial charge in [0.15, 0.2) is 0 Å². The topological polar surface area (TPSA) is 57.4 Å². The molecule has 0 amide bonds. The predicted octanol–water partition coefficient (Wildman–Crippen LogP) is 2.81. The lowest BCUT2D eigenvalue weighted by molar-refractivity contribution is 0.181. The van der Waals surface area contributed by atoms with Gasteiger partial charge in [-0.3, -0.25) is 0 Å². The fourth-order valence-electron chi connectivity index (χ4n) is 1.80. The predicted molar refractivity (Wildman–Crippen MR) is 77.3 cm³/mol. The lowest BCUT2D eigenvalue weighted by Gasteiger charge is -2.03. The summed E-state index contributed by atoms with van der Waals surface area (Å²) in [6, 6.07) is 7.94. The minimum Gasteiger partial charge on any atom is -0.494 e. The molecular weight excluding hydrogens is 260 g/mol. The molecule has 2 rings (SSSR count). The molecule has 1 aromatic heterocycles.